The molecule has 1 N–H and O–H groups in total. The van der Waals surface area contributed by atoms with E-state index < -0.39 is 15.4 Å². The first-order valence-electron chi connectivity index (χ1n) is 10.6. The zero-order chi connectivity index (χ0) is 22.6. The van der Waals surface area contributed by atoms with Gasteiger partial charge in [-0.15, -0.1) is 0 Å². The SMILES string of the molecule is CC(C)(C)OC(=O)N1CCN(Cc2ccc(NC(=O)N3CCS(=O)(=O)CC3)cc2)CC1. The molecule has 0 unspecified atom stereocenters. The molecule has 0 atom stereocenters. The van der Waals surface area contributed by atoms with E-state index in [1.165, 1.54) is 4.90 Å². The quantitative estimate of drug-likeness (QED) is 0.753. The van der Waals surface area contributed by atoms with Crippen LogP contribution in [0.1, 0.15) is 26.3 Å². The Hall–Kier alpha value is -2.33. The summed E-state index contributed by atoms with van der Waals surface area (Å²) in [6, 6.07) is 7.36. The van der Waals surface area contributed by atoms with E-state index in [2.05, 4.69) is 10.2 Å². The predicted octanol–water partition coefficient (Wildman–Crippen LogP) is 2.00. The number of carbonyl (C=O) groups is 2. The van der Waals surface area contributed by atoms with Gasteiger partial charge in [-0.3, -0.25) is 4.90 Å². The number of piperazine rings is 1. The number of ether oxygens (including phenoxy) is 1. The third-order valence-corrected chi connectivity index (χ3v) is 6.88. The number of benzene rings is 1. The van der Waals surface area contributed by atoms with Gasteiger partial charge in [0.1, 0.15) is 5.60 Å². The number of hydrogen-bond donors (Lipinski definition) is 1. The van der Waals surface area contributed by atoms with E-state index in [1.54, 1.807) is 4.90 Å². The molecule has 9 nitrogen and oxygen atoms in total. The van der Waals surface area contributed by atoms with E-state index in [-0.39, 0.29) is 36.7 Å². The van der Waals surface area contributed by atoms with Crippen LogP contribution < -0.4 is 5.32 Å². The van der Waals surface area contributed by atoms with Crippen LogP contribution in [0.3, 0.4) is 0 Å². The number of sulfone groups is 1. The summed E-state index contributed by atoms with van der Waals surface area (Å²) in [7, 11) is -3.01. The number of carbonyl (C=O) groups excluding carboxylic acids is 2. The maximum absolute atomic E-state index is 12.3. The minimum atomic E-state index is -3.01. The minimum absolute atomic E-state index is 0.0144. The topological polar surface area (TPSA) is 99.3 Å². The predicted molar refractivity (Wildman–Crippen MR) is 119 cm³/mol. The first kappa shape index (κ1) is 23.3. The Morgan fingerprint density at radius 2 is 1.52 bits per heavy atom. The Morgan fingerprint density at radius 3 is 2.06 bits per heavy atom. The van der Waals surface area contributed by atoms with Gasteiger partial charge in [0.05, 0.1) is 11.5 Å². The summed E-state index contributed by atoms with van der Waals surface area (Å²) in [4.78, 5) is 30.0. The number of amides is 3. The molecule has 1 aromatic carbocycles. The second-order valence-electron chi connectivity index (χ2n) is 9.01. The van der Waals surface area contributed by atoms with Crippen molar-refractivity contribution in [3.63, 3.8) is 0 Å². The van der Waals surface area contributed by atoms with Crippen LogP contribution in [0.5, 0.6) is 0 Å². The number of hydrogen-bond acceptors (Lipinski definition) is 6. The lowest BCUT2D eigenvalue weighted by Crippen LogP contribution is -2.49. The lowest BCUT2D eigenvalue weighted by atomic mass is 10.2. The number of nitrogens with one attached hydrogen (secondary N) is 1. The minimum Gasteiger partial charge on any atom is -0.444 e. The molecular formula is C21H32N4O5S. The van der Waals surface area contributed by atoms with Gasteiger partial charge in [0.25, 0.3) is 0 Å². The molecule has 31 heavy (non-hydrogen) atoms. The highest BCUT2D eigenvalue weighted by Crippen LogP contribution is 2.16. The first-order valence-corrected chi connectivity index (χ1v) is 12.4. The maximum Gasteiger partial charge on any atom is 0.410 e. The Kier molecular flexibility index (Phi) is 7.10. The van der Waals surface area contributed by atoms with Crippen LogP contribution in [0.25, 0.3) is 0 Å². The lowest BCUT2D eigenvalue weighted by Gasteiger charge is -2.35. The molecule has 3 rings (SSSR count). The van der Waals surface area contributed by atoms with E-state index in [0.29, 0.717) is 18.8 Å². The molecular weight excluding hydrogens is 420 g/mol. The third kappa shape index (κ3) is 7.10. The number of rotatable bonds is 3. The van der Waals surface area contributed by atoms with Crippen molar-refractivity contribution >= 4 is 27.6 Å². The largest absolute Gasteiger partial charge is 0.444 e. The van der Waals surface area contributed by atoms with E-state index in [1.807, 2.05) is 45.0 Å². The highest BCUT2D eigenvalue weighted by atomic mass is 32.2. The van der Waals surface area contributed by atoms with Gasteiger partial charge >= 0.3 is 12.1 Å². The van der Waals surface area contributed by atoms with Crippen molar-refractivity contribution in [1.29, 1.82) is 0 Å². The van der Waals surface area contributed by atoms with Crippen molar-refractivity contribution in [3.8, 4) is 0 Å². The molecule has 172 valence electrons. The smallest absolute Gasteiger partial charge is 0.410 e. The van der Waals surface area contributed by atoms with Crippen LogP contribution in [-0.2, 0) is 21.1 Å². The average molecular weight is 453 g/mol. The molecule has 2 aliphatic heterocycles. The third-order valence-electron chi connectivity index (χ3n) is 5.27. The zero-order valence-corrected chi connectivity index (χ0v) is 19.3. The van der Waals surface area contributed by atoms with Gasteiger partial charge in [-0.2, -0.15) is 0 Å². The van der Waals surface area contributed by atoms with Crippen molar-refractivity contribution in [2.24, 2.45) is 0 Å². The van der Waals surface area contributed by atoms with Crippen molar-refractivity contribution in [3.05, 3.63) is 29.8 Å². The van der Waals surface area contributed by atoms with Crippen molar-refractivity contribution in [2.75, 3.05) is 56.1 Å². The van der Waals surface area contributed by atoms with Crippen molar-refractivity contribution in [2.45, 2.75) is 32.9 Å². The molecule has 2 saturated heterocycles. The van der Waals surface area contributed by atoms with Gasteiger partial charge in [0.2, 0.25) is 0 Å². The number of anilines is 1. The fraction of sp³-hybridized carbons (Fsp3) is 0.619. The molecule has 1 aromatic rings. The Bertz CT molecular complexity index is 873. The summed E-state index contributed by atoms with van der Waals surface area (Å²) in [5.74, 6) is 0.0289. The Morgan fingerprint density at radius 1 is 0.935 bits per heavy atom. The number of nitrogens with zero attached hydrogens (tertiary/aromatic N) is 3. The monoisotopic (exact) mass is 452 g/mol. The van der Waals surface area contributed by atoms with Gasteiger partial charge in [0.15, 0.2) is 9.84 Å². The number of urea groups is 1. The van der Waals surface area contributed by atoms with E-state index in [4.69, 9.17) is 4.74 Å². The summed E-state index contributed by atoms with van der Waals surface area (Å²) in [6.07, 6.45) is -0.265. The molecule has 0 saturated carbocycles. The van der Waals surface area contributed by atoms with Crippen LogP contribution >= 0.6 is 0 Å². The van der Waals surface area contributed by atoms with Crippen LogP contribution in [0, 0.1) is 0 Å². The molecule has 0 radical (unpaired) electrons. The van der Waals surface area contributed by atoms with Gasteiger partial charge in [0, 0.05) is 51.5 Å². The van der Waals surface area contributed by atoms with Crippen LogP contribution in [0.4, 0.5) is 15.3 Å². The fourth-order valence-corrected chi connectivity index (χ4v) is 4.69. The van der Waals surface area contributed by atoms with E-state index in [9.17, 15) is 18.0 Å². The molecule has 2 aliphatic rings. The Labute approximate surface area is 184 Å². The lowest BCUT2D eigenvalue weighted by molar-refractivity contribution is 0.0139. The molecule has 0 bridgehead atoms. The van der Waals surface area contributed by atoms with Gasteiger partial charge in [-0.05, 0) is 38.5 Å². The van der Waals surface area contributed by atoms with E-state index >= 15 is 0 Å². The fourth-order valence-electron chi connectivity index (χ4n) is 3.48. The molecule has 10 heteroatoms. The van der Waals surface area contributed by atoms with Gasteiger partial charge < -0.3 is 19.9 Å². The maximum atomic E-state index is 12.3. The zero-order valence-electron chi connectivity index (χ0n) is 18.5. The van der Waals surface area contributed by atoms with Crippen LogP contribution in [0.15, 0.2) is 24.3 Å². The standard InChI is InChI=1S/C21H32N4O5S/c1-21(2,3)30-20(27)25-10-8-23(9-11-25)16-17-4-6-18(7-5-17)22-19(26)24-12-14-31(28,29)15-13-24/h4-7H,8-16H2,1-3H3,(H,22,26). The molecule has 2 fully saturated rings. The average Bonchev–Trinajstić information content (AvgIpc) is 2.68. The second kappa shape index (κ2) is 9.44. The molecule has 0 aromatic heterocycles. The highest BCUT2D eigenvalue weighted by molar-refractivity contribution is 7.91. The van der Waals surface area contributed by atoms with E-state index in [0.717, 1.165) is 25.2 Å². The summed E-state index contributed by atoms with van der Waals surface area (Å²) < 4.78 is 28.4. The first-order chi connectivity index (χ1) is 14.5. The molecule has 2 heterocycles. The molecule has 3 amide bonds. The van der Waals surface area contributed by atoms with Gasteiger partial charge in [-0.25, -0.2) is 18.0 Å². The normalized spacial score (nSPS) is 19.7. The summed E-state index contributed by atoms with van der Waals surface area (Å²) in [5.41, 5.74) is 1.31. The second-order valence-corrected chi connectivity index (χ2v) is 11.3. The van der Waals surface area contributed by atoms with Crippen LogP contribution in [0.2, 0.25) is 0 Å². The van der Waals surface area contributed by atoms with Crippen LogP contribution in [-0.4, -0.2) is 91.6 Å². The summed E-state index contributed by atoms with van der Waals surface area (Å²) >= 11 is 0. The van der Waals surface area contributed by atoms with Crippen molar-refractivity contribution < 1.29 is 22.7 Å². The van der Waals surface area contributed by atoms with Crippen molar-refractivity contribution in [1.82, 2.24) is 14.7 Å². The van der Waals surface area contributed by atoms with Gasteiger partial charge in [-0.1, -0.05) is 12.1 Å². The molecule has 0 spiro atoms. The summed E-state index contributed by atoms with van der Waals surface area (Å²) in [6.45, 7) is 9.62. The Balaban J connectivity index is 1.44. The summed E-state index contributed by atoms with van der Waals surface area (Å²) in [5, 5.41) is 2.83. The molecule has 0 aliphatic carbocycles. The highest BCUT2D eigenvalue weighted by Gasteiger charge is 2.26.